The van der Waals surface area contributed by atoms with E-state index in [1.54, 1.807) is 0 Å². The molecule has 0 saturated heterocycles. The maximum atomic E-state index is 13.1. The predicted molar refractivity (Wildman–Crippen MR) is 395 cm³/mol. The lowest BCUT2D eigenvalue weighted by Crippen LogP contribution is -2.30. The van der Waals surface area contributed by atoms with Crippen LogP contribution in [0.3, 0.4) is 0 Å². The third-order valence-corrected chi connectivity index (χ3v) is 20.5. The van der Waals surface area contributed by atoms with Gasteiger partial charge in [-0.05, 0) is 37.5 Å². The highest BCUT2D eigenvalue weighted by Crippen LogP contribution is 2.45. The second kappa shape index (κ2) is 69.8. The van der Waals surface area contributed by atoms with E-state index in [1.807, 2.05) is 0 Å². The van der Waals surface area contributed by atoms with E-state index >= 15 is 0 Å². The highest BCUT2D eigenvalue weighted by atomic mass is 31.2. The fourth-order valence-corrected chi connectivity index (χ4v) is 13.6. The smallest absolute Gasteiger partial charge is 0.462 e. The number of hydrogen-bond acceptors (Lipinski definition) is 15. The molecule has 0 amide bonds. The van der Waals surface area contributed by atoms with Gasteiger partial charge in [0.15, 0.2) is 12.2 Å². The van der Waals surface area contributed by atoms with Crippen LogP contribution in [0.4, 0.5) is 0 Å². The summed E-state index contributed by atoms with van der Waals surface area (Å²) in [5.74, 6) is -0.569. The average Bonchev–Trinajstić information content (AvgIpc) is 1.43. The zero-order valence-corrected chi connectivity index (χ0v) is 65.2. The molecule has 6 atom stereocenters. The lowest BCUT2D eigenvalue weighted by Gasteiger charge is -2.21. The van der Waals surface area contributed by atoms with Gasteiger partial charge in [-0.3, -0.25) is 37.3 Å². The summed E-state index contributed by atoms with van der Waals surface area (Å²) in [7, 11) is -9.91. The van der Waals surface area contributed by atoms with E-state index < -0.39 is 97.5 Å². The highest BCUT2D eigenvalue weighted by Gasteiger charge is 2.30. The first-order valence-electron chi connectivity index (χ1n) is 40.5. The molecule has 0 radical (unpaired) electrons. The molecule has 0 aromatic heterocycles. The molecule has 0 bridgehead atoms. The summed E-state index contributed by atoms with van der Waals surface area (Å²) in [5.41, 5.74) is 0. The Morgan fingerprint density at radius 2 is 0.526 bits per heavy atom. The molecule has 19 heteroatoms. The van der Waals surface area contributed by atoms with Crippen molar-refractivity contribution < 1.29 is 80.2 Å². The van der Waals surface area contributed by atoms with Gasteiger partial charge in [0.05, 0.1) is 26.4 Å². The SMILES string of the molecule is CCCCCCCCCCCCCCCCCCCCCCCC(=O)O[C@H](COC(=O)CCCCCCCCCCCCC(C)CC)COP(=O)(O)OC[C@@H](O)COP(=O)(O)OC[C@@H](COC(=O)CCCCCCCCCCCC)OC(=O)CCCCCCCCCCCC(C)C. The van der Waals surface area contributed by atoms with Crippen LogP contribution in [0.2, 0.25) is 0 Å². The van der Waals surface area contributed by atoms with Gasteiger partial charge in [-0.15, -0.1) is 0 Å². The number of carbonyl (C=O) groups is 4. The second-order valence-electron chi connectivity index (χ2n) is 28.8. The summed E-state index contributed by atoms with van der Waals surface area (Å²) < 4.78 is 68.6. The molecule has 0 aromatic carbocycles. The van der Waals surface area contributed by atoms with Crippen molar-refractivity contribution in [1.82, 2.24) is 0 Å². The standard InChI is InChI=1S/C78H152O17P2/c1-7-10-12-14-16-18-20-21-22-23-24-25-26-27-28-29-30-38-44-50-56-62-77(82)94-73(67-89-76(81)61-55-49-43-37-32-31-35-41-47-53-59-71(6)9-3)68-92-96(84,85)90-64-72(79)65-91-97(86,87)93-69-74(66-88-75(80)60-54-48-42-36-19-17-15-13-11-8-2)95-78(83)63-57-51-45-39-33-34-40-46-52-58-70(4)5/h70-74,79H,7-69H2,1-6H3,(H,84,85)(H,86,87)/t71?,72-,73-,74-/m1/s1. The minimum absolute atomic E-state index is 0.106. The molecular formula is C78H152O17P2. The Morgan fingerprint density at radius 3 is 0.784 bits per heavy atom. The van der Waals surface area contributed by atoms with Crippen LogP contribution in [0, 0.1) is 11.8 Å². The molecule has 0 aliphatic carbocycles. The highest BCUT2D eigenvalue weighted by molar-refractivity contribution is 7.47. The van der Waals surface area contributed by atoms with Gasteiger partial charge in [0, 0.05) is 25.7 Å². The molecule has 3 N–H and O–H groups in total. The third-order valence-electron chi connectivity index (χ3n) is 18.6. The number of aliphatic hydroxyl groups excluding tert-OH is 1. The first-order valence-corrected chi connectivity index (χ1v) is 43.5. The van der Waals surface area contributed by atoms with Crippen molar-refractivity contribution >= 4 is 39.5 Å². The molecule has 97 heavy (non-hydrogen) atoms. The lowest BCUT2D eigenvalue weighted by atomic mass is 9.99. The second-order valence-corrected chi connectivity index (χ2v) is 31.7. The van der Waals surface area contributed by atoms with Gasteiger partial charge in [0.2, 0.25) is 0 Å². The maximum Gasteiger partial charge on any atom is 0.472 e. The van der Waals surface area contributed by atoms with Crippen LogP contribution in [0.5, 0.6) is 0 Å². The van der Waals surface area contributed by atoms with Crippen LogP contribution in [0.1, 0.15) is 408 Å². The summed E-state index contributed by atoms with van der Waals surface area (Å²) in [6, 6.07) is 0. The van der Waals surface area contributed by atoms with Crippen molar-refractivity contribution in [2.45, 2.75) is 426 Å². The Bertz CT molecular complexity index is 1870. The molecule has 0 heterocycles. The van der Waals surface area contributed by atoms with Crippen molar-refractivity contribution in [2.75, 3.05) is 39.6 Å². The fraction of sp³-hybridized carbons (Fsp3) is 0.949. The Balaban J connectivity index is 5.21. The number of hydrogen-bond donors (Lipinski definition) is 3. The normalized spacial score (nSPS) is 14.2. The number of phosphoric acid groups is 2. The van der Waals surface area contributed by atoms with E-state index in [9.17, 15) is 43.2 Å². The van der Waals surface area contributed by atoms with Gasteiger partial charge >= 0.3 is 39.5 Å². The lowest BCUT2D eigenvalue weighted by molar-refractivity contribution is -0.161. The number of rotatable bonds is 77. The van der Waals surface area contributed by atoms with E-state index in [2.05, 4.69) is 41.5 Å². The van der Waals surface area contributed by atoms with E-state index in [0.717, 1.165) is 102 Å². The van der Waals surface area contributed by atoms with Crippen molar-refractivity contribution in [2.24, 2.45) is 11.8 Å². The monoisotopic (exact) mass is 1420 g/mol. The first kappa shape index (κ1) is 95.1. The molecule has 576 valence electrons. The summed E-state index contributed by atoms with van der Waals surface area (Å²) in [4.78, 5) is 72.8. The molecule has 0 aliphatic heterocycles. The minimum Gasteiger partial charge on any atom is -0.462 e. The average molecular weight is 1420 g/mol. The number of unbranched alkanes of at least 4 members (excludes halogenated alkanes) is 46. The molecule has 0 rings (SSSR count). The van der Waals surface area contributed by atoms with Gasteiger partial charge in [-0.1, -0.05) is 356 Å². The van der Waals surface area contributed by atoms with Gasteiger partial charge in [-0.25, -0.2) is 9.13 Å². The summed E-state index contributed by atoms with van der Waals surface area (Å²) in [6.07, 6.45) is 58.3. The summed E-state index contributed by atoms with van der Waals surface area (Å²) in [5, 5.41) is 10.6. The number of ether oxygens (including phenoxy) is 4. The number of esters is 4. The Morgan fingerprint density at radius 1 is 0.299 bits per heavy atom. The van der Waals surface area contributed by atoms with E-state index in [0.29, 0.717) is 25.7 Å². The number of carbonyl (C=O) groups excluding carboxylic acids is 4. The number of phosphoric ester groups is 2. The maximum absolute atomic E-state index is 13.1. The zero-order valence-electron chi connectivity index (χ0n) is 63.4. The summed E-state index contributed by atoms with van der Waals surface area (Å²) in [6.45, 7) is 9.60. The zero-order chi connectivity index (χ0) is 71.4. The number of aliphatic hydroxyl groups is 1. The molecule has 0 aromatic rings. The van der Waals surface area contributed by atoms with Gasteiger partial charge in [-0.2, -0.15) is 0 Å². The van der Waals surface area contributed by atoms with Crippen molar-refractivity contribution in [3.05, 3.63) is 0 Å². The van der Waals surface area contributed by atoms with Crippen LogP contribution >= 0.6 is 15.6 Å². The molecular weight excluding hydrogens is 1270 g/mol. The predicted octanol–water partition coefficient (Wildman–Crippen LogP) is 23.1. The first-order chi connectivity index (χ1) is 46.9. The quantitative estimate of drug-likeness (QED) is 0.0222. The van der Waals surface area contributed by atoms with E-state index in [-0.39, 0.29) is 25.7 Å². The topological polar surface area (TPSA) is 237 Å². The van der Waals surface area contributed by atoms with Crippen LogP contribution < -0.4 is 0 Å². The largest absolute Gasteiger partial charge is 0.472 e. The van der Waals surface area contributed by atoms with Crippen molar-refractivity contribution in [3.63, 3.8) is 0 Å². The summed E-state index contributed by atoms with van der Waals surface area (Å²) >= 11 is 0. The van der Waals surface area contributed by atoms with E-state index in [1.165, 1.54) is 225 Å². The van der Waals surface area contributed by atoms with Crippen molar-refractivity contribution in [3.8, 4) is 0 Å². The van der Waals surface area contributed by atoms with Gasteiger partial charge in [0.25, 0.3) is 0 Å². The van der Waals surface area contributed by atoms with Crippen LogP contribution in [-0.4, -0.2) is 96.7 Å². The molecule has 3 unspecified atom stereocenters. The van der Waals surface area contributed by atoms with E-state index in [4.69, 9.17) is 37.0 Å². The Kier molecular flexibility index (Phi) is 68.4. The molecule has 0 spiro atoms. The van der Waals surface area contributed by atoms with Crippen molar-refractivity contribution in [1.29, 1.82) is 0 Å². The Labute approximate surface area is 594 Å². The van der Waals surface area contributed by atoms with Gasteiger partial charge in [0.1, 0.15) is 19.3 Å². The van der Waals surface area contributed by atoms with Gasteiger partial charge < -0.3 is 33.8 Å². The van der Waals surface area contributed by atoms with Crippen LogP contribution in [-0.2, 0) is 65.4 Å². The van der Waals surface area contributed by atoms with Crippen LogP contribution in [0.25, 0.3) is 0 Å². The Hall–Kier alpha value is -1.94. The van der Waals surface area contributed by atoms with Crippen LogP contribution in [0.15, 0.2) is 0 Å². The molecule has 0 fully saturated rings. The fourth-order valence-electron chi connectivity index (χ4n) is 12.0. The molecule has 17 nitrogen and oxygen atoms in total. The molecule has 0 aliphatic rings. The third kappa shape index (κ3) is 70.9. The minimum atomic E-state index is -4.96. The molecule has 0 saturated carbocycles.